The molecule has 3 aliphatic heterocycles. The fraction of sp³-hybridized carbons (Fsp3) is 0.267. The predicted molar refractivity (Wildman–Crippen MR) is 145 cm³/mol. The smallest absolute Gasteiger partial charge is 0.300 e. The van der Waals surface area contributed by atoms with Crippen molar-refractivity contribution in [1.82, 2.24) is 9.80 Å². The number of benzene rings is 3. The molecule has 0 saturated carbocycles. The third-order valence-corrected chi connectivity index (χ3v) is 8.59. The number of amides is 5. The molecule has 192 valence electrons. The second-order valence-electron chi connectivity index (χ2n) is 10.1. The van der Waals surface area contributed by atoms with E-state index >= 15 is 0 Å². The zero-order valence-electron chi connectivity index (χ0n) is 21.0. The van der Waals surface area contributed by atoms with Crippen molar-refractivity contribution in [3.63, 3.8) is 0 Å². The SMILES string of the molecule is CCN1C(=O)C2C(c3ccc(C)cc3)N3C(=O)N(c4cccc(Br)c4)C(=O)[C@@]3(Cc3ccccc3)C2C1=O. The molecule has 8 heteroatoms. The highest BCUT2D eigenvalue weighted by Crippen LogP contribution is 2.59. The minimum absolute atomic E-state index is 0.128. The standard InChI is InChI=1S/C30H26BrN3O4/c1-3-32-26(35)23-24(27(32)36)30(17-19-8-5-4-6-9-19)28(37)33(22-11-7-10-21(31)16-22)29(38)34(30)25(23)20-14-12-18(2)13-15-20/h4-16,23-25H,3,17H2,1-2H3/t23?,24?,25?,30-/m1/s1. The normalized spacial score (nSPS) is 26.4. The molecule has 0 bridgehead atoms. The molecule has 3 heterocycles. The topological polar surface area (TPSA) is 78.0 Å². The zero-order chi connectivity index (χ0) is 26.8. The van der Waals surface area contributed by atoms with Crippen LogP contribution in [0.25, 0.3) is 0 Å². The van der Waals surface area contributed by atoms with Crippen molar-refractivity contribution in [2.45, 2.75) is 31.8 Å². The summed E-state index contributed by atoms with van der Waals surface area (Å²) in [4.78, 5) is 60.6. The number of imide groups is 2. The van der Waals surface area contributed by atoms with Gasteiger partial charge in [0.2, 0.25) is 11.8 Å². The summed E-state index contributed by atoms with van der Waals surface area (Å²) in [6, 6.07) is 22.7. The molecule has 3 saturated heterocycles. The molecule has 3 fully saturated rings. The molecule has 4 atom stereocenters. The van der Waals surface area contributed by atoms with Crippen LogP contribution in [0.15, 0.2) is 83.3 Å². The lowest BCUT2D eigenvalue weighted by Crippen LogP contribution is -2.55. The summed E-state index contributed by atoms with van der Waals surface area (Å²) in [7, 11) is 0. The largest absolute Gasteiger partial charge is 0.332 e. The van der Waals surface area contributed by atoms with E-state index in [1.54, 1.807) is 30.0 Å². The summed E-state index contributed by atoms with van der Waals surface area (Å²) in [6.45, 7) is 3.93. The van der Waals surface area contributed by atoms with E-state index in [4.69, 9.17) is 0 Å². The van der Waals surface area contributed by atoms with Gasteiger partial charge < -0.3 is 4.90 Å². The van der Waals surface area contributed by atoms with Crippen LogP contribution in [-0.4, -0.2) is 45.6 Å². The zero-order valence-corrected chi connectivity index (χ0v) is 22.6. The Morgan fingerprint density at radius 1 is 0.868 bits per heavy atom. The van der Waals surface area contributed by atoms with E-state index in [1.807, 2.05) is 67.6 Å². The number of anilines is 1. The van der Waals surface area contributed by atoms with Crippen LogP contribution in [0.2, 0.25) is 0 Å². The van der Waals surface area contributed by atoms with Crippen LogP contribution < -0.4 is 4.90 Å². The lowest BCUT2D eigenvalue weighted by atomic mass is 9.75. The molecule has 0 aromatic heterocycles. The predicted octanol–water partition coefficient (Wildman–Crippen LogP) is 4.88. The van der Waals surface area contributed by atoms with Gasteiger partial charge in [0.05, 0.1) is 23.6 Å². The molecule has 3 aromatic rings. The molecule has 5 amide bonds. The van der Waals surface area contributed by atoms with E-state index in [9.17, 15) is 19.2 Å². The number of carbonyl (C=O) groups excluding carboxylic acids is 4. The summed E-state index contributed by atoms with van der Waals surface area (Å²) in [5, 5.41) is 0. The highest BCUT2D eigenvalue weighted by Gasteiger charge is 2.77. The number of nitrogens with zero attached hydrogens (tertiary/aromatic N) is 3. The Morgan fingerprint density at radius 3 is 2.24 bits per heavy atom. The summed E-state index contributed by atoms with van der Waals surface area (Å²) in [5.74, 6) is -3.03. The molecule has 0 aliphatic carbocycles. The summed E-state index contributed by atoms with van der Waals surface area (Å²) < 4.78 is 0.719. The molecule has 3 unspecified atom stereocenters. The molecule has 3 aliphatic rings. The number of fused-ring (bicyclic) bond motifs is 3. The second kappa shape index (κ2) is 8.91. The summed E-state index contributed by atoms with van der Waals surface area (Å²) >= 11 is 3.44. The van der Waals surface area contributed by atoms with Gasteiger partial charge in [0, 0.05) is 17.4 Å². The van der Waals surface area contributed by atoms with Crippen LogP contribution in [0.4, 0.5) is 10.5 Å². The van der Waals surface area contributed by atoms with E-state index in [1.165, 1.54) is 9.80 Å². The minimum atomic E-state index is -1.54. The Bertz CT molecular complexity index is 1470. The first kappa shape index (κ1) is 24.6. The first-order chi connectivity index (χ1) is 18.3. The Labute approximate surface area is 229 Å². The molecule has 0 radical (unpaired) electrons. The van der Waals surface area contributed by atoms with Gasteiger partial charge in [-0.1, -0.05) is 82.2 Å². The van der Waals surface area contributed by atoms with Crippen molar-refractivity contribution < 1.29 is 19.2 Å². The number of halogens is 1. The van der Waals surface area contributed by atoms with E-state index in [0.717, 1.165) is 21.2 Å². The maximum absolute atomic E-state index is 14.6. The maximum Gasteiger partial charge on any atom is 0.332 e. The summed E-state index contributed by atoms with van der Waals surface area (Å²) in [5.41, 5.74) is 1.45. The fourth-order valence-electron chi connectivity index (χ4n) is 6.50. The Morgan fingerprint density at radius 2 is 1.58 bits per heavy atom. The van der Waals surface area contributed by atoms with Crippen LogP contribution in [0, 0.1) is 18.8 Å². The van der Waals surface area contributed by atoms with E-state index < -0.39 is 41.3 Å². The van der Waals surface area contributed by atoms with Crippen LogP contribution in [0.1, 0.15) is 29.7 Å². The van der Waals surface area contributed by atoms with E-state index in [0.29, 0.717) is 5.69 Å². The number of carbonyl (C=O) groups is 4. The molecular weight excluding hydrogens is 546 g/mol. The third kappa shape index (κ3) is 3.32. The van der Waals surface area contributed by atoms with Gasteiger partial charge in [-0.3, -0.25) is 19.3 Å². The molecule has 38 heavy (non-hydrogen) atoms. The van der Waals surface area contributed by atoms with Crippen molar-refractivity contribution in [1.29, 1.82) is 0 Å². The van der Waals surface area contributed by atoms with Crippen molar-refractivity contribution in [2.24, 2.45) is 11.8 Å². The van der Waals surface area contributed by atoms with Crippen molar-refractivity contribution in [3.8, 4) is 0 Å². The first-order valence-corrected chi connectivity index (χ1v) is 13.5. The second-order valence-corrected chi connectivity index (χ2v) is 11.1. The van der Waals surface area contributed by atoms with Gasteiger partial charge in [0.25, 0.3) is 5.91 Å². The molecule has 3 aromatic carbocycles. The summed E-state index contributed by atoms with van der Waals surface area (Å²) in [6.07, 6.45) is 0.128. The van der Waals surface area contributed by atoms with E-state index in [-0.39, 0.29) is 18.9 Å². The van der Waals surface area contributed by atoms with Crippen LogP contribution in [0.5, 0.6) is 0 Å². The Balaban J connectivity index is 1.61. The van der Waals surface area contributed by atoms with Gasteiger partial charge >= 0.3 is 6.03 Å². The quantitative estimate of drug-likeness (QED) is 0.323. The monoisotopic (exact) mass is 571 g/mol. The van der Waals surface area contributed by atoms with Gasteiger partial charge in [-0.2, -0.15) is 0 Å². The van der Waals surface area contributed by atoms with Crippen molar-refractivity contribution in [2.75, 3.05) is 11.4 Å². The van der Waals surface area contributed by atoms with Crippen LogP contribution in [-0.2, 0) is 20.8 Å². The highest BCUT2D eigenvalue weighted by atomic mass is 79.9. The number of hydrogen-bond acceptors (Lipinski definition) is 4. The van der Waals surface area contributed by atoms with Crippen LogP contribution in [0.3, 0.4) is 0 Å². The number of aryl methyl sites for hydroxylation is 1. The van der Waals surface area contributed by atoms with Crippen molar-refractivity contribution in [3.05, 3.63) is 100 Å². The molecule has 7 nitrogen and oxygen atoms in total. The van der Waals surface area contributed by atoms with Gasteiger partial charge in [-0.05, 0) is 43.2 Å². The Hall–Kier alpha value is -3.78. The first-order valence-electron chi connectivity index (χ1n) is 12.7. The lowest BCUT2D eigenvalue weighted by molar-refractivity contribution is -0.144. The highest BCUT2D eigenvalue weighted by molar-refractivity contribution is 9.10. The molecule has 0 spiro atoms. The average Bonchev–Trinajstić information content (AvgIpc) is 3.42. The van der Waals surface area contributed by atoms with Gasteiger partial charge in [0.1, 0.15) is 5.54 Å². The van der Waals surface area contributed by atoms with Gasteiger partial charge in [0.15, 0.2) is 0 Å². The third-order valence-electron chi connectivity index (χ3n) is 8.09. The molecular formula is C30H26BrN3O4. The van der Waals surface area contributed by atoms with Crippen LogP contribution >= 0.6 is 15.9 Å². The fourth-order valence-corrected chi connectivity index (χ4v) is 6.88. The maximum atomic E-state index is 14.6. The number of rotatable bonds is 5. The van der Waals surface area contributed by atoms with Gasteiger partial charge in [-0.15, -0.1) is 0 Å². The van der Waals surface area contributed by atoms with Crippen molar-refractivity contribution >= 4 is 45.4 Å². The minimum Gasteiger partial charge on any atom is -0.300 e. The van der Waals surface area contributed by atoms with Gasteiger partial charge in [-0.25, -0.2) is 9.69 Å². The number of hydrogen-bond donors (Lipinski definition) is 0. The molecule has 6 rings (SSSR count). The Kier molecular flexibility index (Phi) is 5.76. The number of likely N-dealkylation sites (tertiary alicyclic amines) is 1. The average molecular weight is 572 g/mol. The van der Waals surface area contributed by atoms with E-state index in [2.05, 4.69) is 15.9 Å². The molecule has 0 N–H and O–H groups in total. The number of urea groups is 1. The lowest BCUT2D eigenvalue weighted by Gasteiger charge is -2.35.